The summed E-state index contributed by atoms with van der Waals surface area (Å²) in [5, 5.41) is 0. The molecule has 0 amide bonds. The van der Waals surface area contributed by atoms with Crippen LogP contribution >= 0.6 is 0 Å². The summed E-state index contributed by atoms with van der Waals surface area (Å²) >= 11 is 0. The van der Waals surface area contributed by atoms with Gasteiger partial charge in [0.1, 0.15) is 6.10 Å². The maximum absolute atomic E-state index is 5.92. The van der Waals surface area contributed by atoms with Gasteiger partial charge in [0.25, 0.3) is 0 Å². The molecule has 0 fully saturated rings. The van der Waals surface area contributed by atoms with Crippen molar-refractivity contribution in [1.82, 2.24) is 0 Å². The zero-order valence-electron chi connectivity index (χ0n) is 10.7. The third-order valence-corrected chi connectivity index (χ3v) is 2.61. The van der Waals surface area contributed by atoms with Crippen LogP contribution < -0.4 is 19.9 Å². The average Bonchev–Trinajstić information content (AvgIpc) is 2.38. The second kappa shape index (κ2) is 7.01. The molecular formula is C13H21NO3. The third-order valence-electron chi connectivity index (χ3n) is 2.61. The normalized spacial score (nSPS) is 12.0. The van der Waals surface area contributed by atoms with Crippen LogP contribution in [0.25, 0.3) is 0 Å². The predicted molar refractivity (Wildman–Crippen MR) is 67.9 cm³/mol. The van der Waals surface area contributed by atoms with Crippen LogP contribution in [0.4, 0.5) is 0 Å². The highest BCUT2D eigenvalue weighted by Gasteiger charge is 2.15. The van der Waals surface area contributed by atoms with Crippen molar-refractivity contribution in [2.24, 2.45) is 5.73 Å². The van der Waals surface area contributed by atoms with E-state index >= 15 is 0 Å². The molecule has 1 aromatic rings. The van der Waals surface area contributed by atoms with Gasteiger partial charge in [-0.15, -0.1) is 0 Å². The van der Waals surface area contributed by atoms with Crippen molar-refractivity contribution < 1.29 is 14.2 Å². The monoisotopic (exact) mass is 239 g/mol. The van der Waals surface area contributed by atoms with Gasteiger partial charge in [0.2, 0.25) is 5.75 Å². The van der Waals surface area contributed by atoms with E-state index in [2.05, 4.69) is 6.92 Å². The standard InChI is InChI=1S/C13H21NO3/c1-4-10(8-9-14)17-13-11(15-2)6-5-7-12(13)16-3/h5-7,10H,4,8-9,14H2,1-3H3. The van der Waals surface area contributed by atoms with Gasteiger partial charge in [0.15, 0.2) is 11.5 Å². The lowest BCUT2D eigenvalue weighted by Crippen LogP contribution is -2.20. The molecule has 4 heteroatoms. The topological polar surface area (TPSA) is 53.7 Å². The van der Waals surface area contributed by atoms with Crippen LogP contribution in [0, 0.1) is 0 Å². The lowest BCUT2D eigenvalue weighted by atomic mass is 10.2. The molecule has 0 spiro atoms. The number of methoxy groups -OCH3 is 2. The molecule has 1 atom stereocenters. The summed E-state index contributed by atoms with van der Waals surface area (Å²) in [6.45, 7) is 2.68. The van der Waals surface area contributed by atoms with Gasteiger partial charge in [-0.05, 0) is 31.5 Å². The smallest absolute Gasteiger partial charge is 0.203 e. The highest BCUT2D eigenvalue weighted by Crippen LogP contribution is 2.37. The first-order valence-corrected chi connectivity index (χ1v) is 5.84. The third kappa shape index (κ3) is 3.53. The first-order chi connectivity index (χ1) is 8.26. The van der Waals surface area contributed by atoms with Crippen LogP contribution in [-0.2, 0) is 0 Å². The van der Waals surface area contributed by atoms with E-state index in [0.717, 1.165) is 12.8 Å². The Bertz CT molecular complexity index is 319. The molecule has 0 aliphatic rings. The maximum Gasteiger partial charge on any atom is 0.203 e. The minimum atomic E-state index is 0.0881. The van der Waals surface area contributed by atoms with Gasteiger partial charge in [0, 0.05) is 0 Å². The van der Waals surface area contributed by atoms with Crippen molar-refractivity contribution in [3.05, 3.63) is 18.2 Å². The summed E-state index contributed by atoms with van der Waals surface area (Å²) in [6.07, 6.45) is 1.81. The average molecular weight is 239 g/mol. The molecule has 96 valence electrons. The number of ether oxygens (including phenoxy) is 3. The number of nitrogens with two attached hydrogens (primary N) is 1. The van der Waals surface area contributed by atoms with E-state index < -0.39 is 0 Å². The summed E-state index contributed by atoms with van der Waals surface area (Å²) in [6, 6.07) is 5.58. The Kier molecular flexibility index (Phi) is 5.63. The Balaban J connectivity index is 2.93. The molecule has 0 aliphatic carbocycles. The minimum Gasteiger partial charge on any atom is -0.493 e. The van der Waals surface area contributed by atoms with Gasteiger partial charge in [-0.1, -0.05) is 13.0 Å². The Hall–Kier alpha value is -1.42. The predicted octanol–water partition coefficient (Wildman–Crippen LogP) is 2.21. The van der Waals surface area contributed by atoms with E-state index in [1.54, 1.807) is 14.2 Å². The van der Waals surface area contributed by atoms with Crippen LogP contribution in [0.15, 0.2) is 18.2 Å². The van der Waals surface area contributed by atoms with E-state index in [-0.39, 0.29) is 6.10 Å². The number of para-hydroxylation sites is 1. The molecule has 1 aromatic carbocycles. The Labute approximate surface area is 103 Å². The van der Waals surface area contributed by atoms with Crippen LogP contribution in [0.2, 0.25) is 0 Å². The van der Waals surface area contributed by atoms with Crippen molar-refractivity contribution in [2.75, 3.05) is 20.8 Å². The van der Waals surface area contributed by atoms with E-state index in [0.29, 0.717) is 23.8 Å². The van der Waals surface area contributed by atoms with Gasteiger partial charge in [0.05, 0.1) is 14.2 Å². The highest BCUT2D eigenvalue weighted by atomic mass is 16.5. The second-order valence-electron chi connectivity index (χ2n) is 3.72. The van der Waals surface area contributed by atoms with Crippen molar-refractivity contribution >= 4 is 0 Å². The molecule has 0 saturated carbocycles. The molecule has 2 N–H and O–H groups in total. The fraction of sp³-hybridized carbons (Fsp3) is 0.538. The Morgan fingerprint density at radius 1 is 1.18 bits per heavy atom. The Morgan fingerprint density at radius 3 is 2.18 bits per heavy atom. The number of rotatable bonds is 7. The number of hydrogen-bond acceptors (Lipinski definition) is 4. The summed E-state index contributed by atoms with van der Waals surface area (Å²) in [4.78, 5) is 0. The fourth-order valence-electron chi connectivity index (χ4n) is 1.63. The van der Waals surface area contributed by atoms with Crippen LogP contribution in [0.3, 0.4) is 0 Å². The molecular weight excluding hydrogens is 218 g/mol. The first-order valence-electron chi connectivity index (χ1n) is 5.84. The van der Waals surface area contributed by atoms with Gasteiger partial charge < -0.3 is 19.9 Å². The molecule has 1 rings (SSSR count). The van der Waals surface area contributed by atoms with Crippen LogP contribution in [0.1, 0.15) is 19.8 Å². The summed E-state index contributed by atoms with van der Waals surface area (Å²) in [7, 11) is 3.23. The number of hydrogen-bond donors (Lipinski definition) is 1. The molecule has 17 heavy (non-hydrogen) atoms. The minimum absolute atomic E-state index is 0.0881. The summed E-state index contributed by atoms with van der Waals surface area (Å²) in [5.41, 5.74) is 5.56. The lowest BCUT2D eigenvalue weighted by molar-refractivity contribution is 0.174. The van der Waals surface area contributed by atoms with Gasteiger partial charge in [-0.25, -0.2) is 0 Å². The quantitative estimate of drug-likeness (QED) is 0.792. The molecule has 0 radical (unpaired) electrons. The van der Waals surface area contributed by atoms with Gasteiger partial charge in [-0.3, -0.25) is 0 Å². The molecule has 0 aromatic heterocycles. The van der Waals surface area contributed by atoms with Gasteiger partial charge in [-0.2, -0.15) is 0 Å². The molecule has 0 heterocycles. The maximum atomic E-state index is 5.92. The molecule has 0 bridgehead atoms. The highest BCUT2D eigenvalue weighted by molar-refractivity contribution is 5.51. The molecule has 0 saturated heterocycles. The first kappa shape index (κ1) is 13.6. The van der Waals surface area contributed by atoms with Crippen LogP contribution in [-0.4, -0.2) is 26.9 Å². The largest absolute Gasteiger partial charge is 0.493 e. The fourth-order valence-corrected chi connectivity index (χ4v) is 1.63. The van der Waals surface area contributed by atoms with E-state index in [1.807, 2.05) is 18.2 Å². The lowest BCUT2D eigenvalue weighted by Gasteiger charge is -2.20. The van der Waals surface area contributed by atoms with E-state index in [1.165, 1.54) is 0 Å². The van der Waals surface area contributed by atoms with Crippen molar-refractivity contribution in [3.8, 4) is 17.2 Å². The van der Waals surface area contributed by atoms with Crippen molar-refractivity contribution in [1.29, 1.82) is 0 Å². The Morgan fingerprint density at radius 2 is 1.76 bits per heavy atom. The van der Waals surface area contributed by atoms with Gasteiger partial charge >= 0.3 is 0 Å². The number of benzene rings is 1. The zero-order chi connectivity index (χ0) is 12.7. The SMILES string of the molecule is CCC(CCN)Oc1c(OC)cccc1OC. The van der Waals surface area contributed by atoms with Crippen LogP contribution in [0.5, 0.6) is 17.2 Å². The van der Waals surface area contributed by atoms with Crippen molar-refractivity contribution in [2.45, 2.75) is 25.9 Å². The molecule has 4 nitrogen and oxygen atoms in total. The zero-order valence-corrected chi connectivity index (χ0v) is 10.7. The molecule has 1 unspecified atom stereocenters. The second-order valence-corrected chi connectivity index (χ2v) is 3.72. The van der Waals surface area contributed by atoms with E-state index in [4.69, 9.17) is 19.9 Å². The van der Waals surface area contributed by atoms with Crippen molar-refractivity contribution in [3.63, 3.8) is 0 Å². The summed E-state index contributed by atoms with van der Waals surface area (Å²) in [5.74, 6) is 2.01. The summed E-state index contributed by atoms with van der Waals surface area (Å²) < 4.78 is 16.5. The van der Waals surface area contributed by atoms with E-state index in [9.17, 15) is 0 Å². The molecule has 0 aliphatic heterocycles.